The molecule has 1 N–H and O–H groups in total. The fraction of sp³-hybridized carbons (Fsp3) is 0.714. The second kappa shape index (κ2) is 2.40. The molecule has 0 saturated heterocycles. The quantitative estimate of drug-likeness (QED) is 0.598. The lowest BCUT2D eigenvalue weighted by molar-refractivity contribution is -0.00186. The van der Waals surface area contributed by atoms with Gasteiger partial charge in [-0.25, -0.2) is 0 Å². The zero-order chi connectivity index (χ0) is 10.2. The van der Waals surface area contributed by atoms with Crippen LogP contribution in [0.15, 0.2) is 24.3 Å². The van der Waals surface area contributed by atoms with Crippen molar-refractivity contribution < 1.29 is 5.11 Å². The Balaban J connectivity index is 1.94. The van der Waals surface area contributed by atoms with E-state index in [0.717, 1.165) is 11.8 Å². The largest absolute Gasteiger partial charge is 0.390 e. The maximum atomic E-state index is 10.7. The first kappa shape index (κ1) is 8.58. The van der Waals surface area contributed by atoms with Crippen LogP contribution >= 0.6 is 0 Å². The van der Waals surface area contributed by atoms with Gasteiger partial charge in [-0.15, -0.1) is 0 Å². The highest BCUT2D eigenvalue weighted by Crippen LogP contribution is 2.68. The van der Waals surface area contributed by atoms with Gasteiger partial charge in [-0.1, -0.05) is 24.3 Å². The predicted octanol–water partition coefficient (Wildman–Crippen LogP) is 2.38. The lowest BCUT2D eigenvalue weighted by Gasteiger charge is -2.42. The van der Waals surface area contributed by atoms with Crippen molar-refractivity contribution in [3.63, 3.8) is 0 Å². The van der Waals surface area contributed by atoms with Gasteiger partial charge in [0.25, 0.3) is 0 Å². The zero-order valence-corrected chi connectivity index (χ0v) is 9.13. The Kier molecular flexibility index (Phi) is 1.37. The molecule has 80 valence electrons. The number of hydrogen-bond donors (Lipinski definition) is 1. The van der Waals surface area contributed by atoms with Crippen LogP contribution in [0, 0.1) is 35.5 Å². The minimum Gasteiger partial charge on any atom is -0.390 e. The number of rotatable bonds is 0. The summed E-state index contributed by atoms with van der Waals surface area (Å²) < 4.78 is 0. The van der Waals surface area contributed by atoms with Gasteiger partial charge in [0.1, 0.15) is 0 Å². The van der Waals surface area contributed by atoms with E-state index in [1.54, 1.807) is 0 Å². The van der Waals surface area contributed by atoms with Crippen LogP contribution in [0.4, 0.5) is 0 Å². The zero-order valence-electron chi connectivity index (χ0n) is 9.13. The van der Waals surface area contributed by atoms with Crippen LogP contribution in [0.1, 0.15) is 19.8 Å². The summed E-state index contributed by atoms with van der Waals surface area (Å²) in [7, 11) is 0. The van der Waals surface area contributed by atoms with Gasteiger partial charge in [-0.2, -0.15) is 0 Å². The van der Waals surface area contributed by atoms with Crippen molar-refractivity contribution in [2.24, 2.45) is 35.5 Å². The molecule has 4 rings (SSSR count). The average Bonchev–Trinajstić information content (AvgIpc) is 2.61. The van der Waals surface area contributed by atoms with Crippen LogP contribution in [0.3, 0.4) is 0 Å². The fourth-order valence-corrected chi connectivity index (χ4v) is 5.38. The van der Waals surface area contributed by atoms with Crippen LogP contribution in [0.2, 0.25) is 0 Å². The second-order valence-corrected chi connectivity index (χ2v) is 6.09. The molecule has 1 heteroatoms. The van der Waals surface area contributed by atoms with E-state index in [4.69, 9.17) is 0 Å². The Hall–Kier alpha value is -0.560. The van der Waals surface area contributed by atoms with Gasteiger partial charge >= 0.3 is 0 Å². The highest BCUT2D eigenvalue weighted by atomic mass is 16.3. The molecule has 0 amide bonds. The summed E-state index contributed by atoms with van der Waals surface area (Å²) in [5.41, 5.74) is -0.389. The monoisotopic (exact) mass is 202 g/mol. The van der Waals surface area contributed by atoms with Gasteiger partial charge in [0, 0.05) is 0 Å². The molecule has 0 aromatic carbocycles. The Morgan fingerprint density at radius 1 is 1.00 bits per heavy atom. The van der Waals surface area contributed by atoms with Crippen molar-refractivity contribution >= 4 is 0 Å². The SMILES string of the molecule is CC1(O)[C@@H]2[C@H]3C=CC[C@@H]2[C@@H]2CC=C[C@H]3[C@@H]21. The van der Waals surface area contributed by atoms with Gasteiger partial charge in [-0.3, -0.25) is 0 Å². The van der Waals surface area contributed by atoms with Crippen LogP contribution in [0.5, 0.6) is 0 Å². The van der Waals surface area contributed by atoms with Crippen molar-refractivity contribution in [2.75, 3.05) is 0 Å². The average molecular weight is 202 g/mol. The van der Waals surface area contributed by atoms with E-state index in [9.17, 15) is 5.11 Å². The third-order valence-electron chi connectivity index (χ3n) is 5.63. The fourth-order valence-electron chi connectivity index (χ4n) is 5.38. The lowest BCUT2D eigenvalue weighted by atomic mass is 9.62. The minimum atomic E-state index is -0.389. The molecule has 2 fully saturated rings. The molecule has 0 aromatic heterocycles. The van der Waals surface area contributed by atoms with Crippen molar-refractivity contribution in [2.45, 2.75) is 25.4 Å². The molecule has 0 aliphatic heterocycles. The third-order valence-corrected chi connectivity index (χ3v) is 5.63. The maximum Gasteiger partial charge on any atom is 0.0693 e. The molecule has 0 aromatic rings. The summed E-state index contributed by atoms with van der Waals surface area (Å²) in [5, 5.41) is 10.7. The third kappa shape index (κ3) is 0.782. The van der Waals surface area contributed by atoms with Crippen LogP contribution in [-0.4, -0.2) is 10.7 Å². The van der Waals surface area contributed by atoms with E-state index in [-0.39, 0.29) is 5.60 Å². The van der Waals surface area contributed by atoms with E-state index in [0.29, 0.717) is 23.7 Å². The van der Waals surface area contributed by atoms with Crippen molar-refractivity contribution in [1.82, 2.24) is 0 Å². The molecule has 4 aliphatic rings. The molecule has 7 atom stereocenters. The van der Waals surface area contributed by atoms with E-state index >= 15 is 0 Å². The lowest BCUT2D eigenvalue weighted by Crippen LogP contribution is -2.36. The Bertz CT molecular complexity index is 332. The van der Waals surface area contributed by atoms with Gasteiger partial charge in [-0.05, 0) is 55.3 Å². The smallest absolute Gasteiger partial charge is 0.0693 e. The van der Waals surface area contributed by atoms with Gasteiger partial charge < -0.3 is 5.11 Å². The summed E-state index contributed by atoms with van der Waals surface area (Å²) >= 11 is 0. The standard InChI is InChI=1S/C14H18O/c1-14(15)12-8-4-2-5-9(12)11-7-3-6-10(8)13(11)14/h2-4,6,8-13,15H,5,7H2,1H3/t8-,9+,10+,11-,12+,13-,14?. The highest BCUT2D eigenvalue weighted by molar-refractivity contribution is 5.28. The molecular weight excluding hydrogens is 184 g/mol. The van der Waals surface area contributed by atoms with Gasteiger partial charge in [0.05, 0.1) is 5.60 Å². The summed E-state index contributed by atoms with van der Waals surface area (Å²) in [5.74, 6) is 3.90. The molecule has 4 aliphatic carbocycles. The summed E-state index contributed by atoms with van der Waals surface area (Å²) in [6.45, 7) is 2.10. The number of allylic oxidation sites excluding steroid dienone is 4. The van der Waals surface area contributed by atoms with Crippen molar-refractivity contribution in [1.29, 1.82) is 0 Å². The normalized spacial score (nSPS) is 63.9. The first-order valence-corrected chi connectivity index (χ1v) is 6.27. The maximum absolute atomic E-state index is 10.7. The number of hydrogen-bond acceptors (Lipinski definition) is 1. The van der Waals surface area contributed by atoms with Crippen LogP contribution in [-0.2, 0) is 0 Å². The minimum absolute atomic E-state index is 0.389. The van der Waals surface area contributed by atoms with E-state index in [1.807, 2.05) is 0 Å². The van der Waals surface area contributed by atoms with Crippen LogP contribution < -0.4 is 0 Å². The molecule has 1 unspecified atom stereocenters. The van der Waals surface area contributed by atoms with Gasteiger partial charge in [0.15, 0.2) is 0 Å². The topological polar surface area (TPSA) is 20.2 Å². The molecule has 1 nitrogen and oxygen atoms in total. The molecule has 15 heavy (non-hydrogen) atoms. The molecule has 0 radical (unpaired) electrons. The van der Waals surface area contributed by atoms with E-state index in [2.05, 4.69) is 31.2 Å². The summed E-state index contributed by atoms with van der Waals surface area (Å²) in [6, 6.07) is 0. The summed E-state index contributed by atoms with van der Waals surface area (Å²) in [4.78, 5) is 0. The molecule has 0 spiro atoms. The first-order chi connectivity index (χ1) is 7.21. The van der Waals surface area contributed by atoms with E-state index < -0.39 is 0 Å². The Labute approximate surface area is 90.9 Å². The van der Waals surface area contributed by atoms with E-state index in [1.165, 1.54) is 12.8 Å². The molecular formula is C14H18O. The Morgan fingerprint density at radius 2 is 1.47 bits per heavy atom. The Morgan fingerprint density at radius 3 is 1.93 bits per heavy atom. The van der Waals surface area contributed by atoms with Crippen molar-refractivity contribution in [3.05, 3.63) is 24.3 Å². The van der Waals surface area contributed by atoms with Crippen LogP contribution in [0.25, 0.3) is 0 Å². The second-order valence-electron chi connectivity index (χ2n) is 6.09. The van der Waals surface area contributed by atoms with Gasteiger partial charge in [0.2, 0.25) is 0 Å². The molecule has 0 heterocycles. The molecule has 2 saturated carbocycles. The highest BCUT2D eigenvalue weighted by Gasteiger charge is 2.68. The first-order valence-electron chi connectivity index (χ1n) is 6.27. The number of fused-ring (bicyclic) bond motifs is 2. The summed E-state index contributed by atoms with van der Waals surface area (Å²) in [6.07, 6.45) is 11.9. The van der Waals surface area contributed by atoms with Crippen molar-refractivity contribution in [3.8, 4) is 0 Å². The predicted molar refractivity (Wildman–Crippen MR) is 59.1 cm³/mol. The molecule has 2 bridgehead atoms. The number of aliphatic hydroxyl groups is 1.